The molecule has 138 valence electrons. The molecule has 1 amide bonds. The van der Waals surface area contributed by atoms with Crippen LogP contribution in [0.25, 0.3) is 0 Å². The van der Waals surface area contributed by atoms with Crippen LogP contribution < -0.4 is 10.1 Å². The number of methoxy groups -OCH3 is 1. The highest BCUT2D eigenvalue weighted by molar-refractivity contribution is 5.94. The van der Waals surface area contributed by atoms with Crippen molar-refractivity contribution in [1.29, 1.82) is 0 Å². The molecule has 0 spiro atoms. The maximum absolute atomic E-state index is 13.3. The predicted octanol–water partition coefficient (Wildman–Crippen LogP) is 2.64. The normalized spacial score (nSPS) is 16.1. The lowest BCUT2D eigenvalue weighted by atomic mass is 10.0. The van der Waals surface area contributed by atoms with E-state index in [4.69, 9.17) is 9.47 Å². The quantitative estimate of drug-likeness (QED) is 0.863. The molecule has 3 rings (SSSR count). The molecule has 1 saturated heterocycles. The van der Waals surface area contributed by atoms with Crippen LogP contribution in [0.1, 0.15) is 22.0 Å². The van der Waals surface area contributed by atoms with Crippen LogP contribution in [-0.2, 0) is 4.74 Å². The van der Waals surface area contributed by atoms with E-state index < -0.39 is 0 Å². The lowest BCUT2D eigenvalue weighted by molar-refractivity contribution is 0.0162. The van der Waals surface area contributed by atoms with E-state index in [-0.39, 0.29) is 17.8 Å². The van der Waals surface area contributed by atoms with E-state index in [1.807, 2.05) is 0 Å². The first-order valence-electron chi connectivity index (χ1n) is 8.67. The van der Waals surface area contributed by atoms with E-state index in [9.17, 15) is 9.18 Å². The number of nitrogens with zero attached hydrogens (tertiary/aromatic N) is 1. The van der Waals surface area contributed by atoms with Crippen LogP contribution in [-0.4, -0.2) is 50.8 Å². The molecule has 0 aromatic heterocycles. The average Bonchev–Trinajstić information content (AvgIpc) is 2.70. The Morgan fingerprint density at radius 1 is 1.23 bits per heavy atom. The van der Waals surface area contributed by atoms with Crippen LogP contribution in [0.4, 0.5) is 4.39 Å². The summed E-state index contributed by atoms with van der Waals surface area (Å²) in [6.45, 7) is 3.29. The number of hydrogen-bond donors (Lipinski definition) is 1. The second-order valence-electron chi connectivity index (χ2n) is 6.16. The summed E-state index contributed by atoms with van der Waals surface area (Å²) in [6, 6.07) is 13.4. The largest absolute Gasteiger partial charge is 0.497 e. The lowest BCUT2D eigenvalue weighted by Crippen LogP contribution is -2.43. The number of rotatable bonds is 6. The molecule has 1 unspecified atom stereocenters. The first-order valence-corrected chi connectivity index (χ1v) is 8.67. The topological polar surface area (TPSA) is 50.8 Å². The van der Waals surface area contributed by atoms with Crippen molar-refractivity contribution in [2.75, 3.05) is 40.0 Å². The molecule has 1 heterocycles. The van der Waals surface area contributed by atoms with Gasteiger partial charge >= 0.3 is 0 Å². The number of nitrogens with one attached hydrogen (secondary N) is 1. The van der Waals surface area contributed by atoms with Crippen molar-refractivity contribution in [3.8, 4) is 5.75 Å². The molecule has 1 fully saturated rings. The molecule has 0 radical (unpaired) electrons. The van der Waals surface area contributed by atoms with Crippen molar-refractivity contribution in [2.24, 2.45) is 0 Å². The number of morpholine rings is 1. The van der Waals surface area contributed by atoms with Crippen molar-refractivity contribution in [3.63, 3.8) is 0 Å². The van der Waals surface area contributed by atoms with E-state index in [2.05, 4.69) is 10.2 Å². The molecule has 1 aliphatic heterocycles. The molecular weight excluding hydrogens is 335 g/mol. The Morgan fingerprint density at radius 3 is 2.65 bits per heavy atom. The van der Waals surface area contributed by atoms with Crippen LogP contribution in [0.15, 0.2) is 48.5 Å². The molecular formula is C20H23FN2O3. The molecule has 1 aliphatic rings. The average molecular weight is 358 g/mol. The zero-order valence-electron chi connectivity index (χ0n) is 14.8. The van der Waals surface area contributed by atoms with Gasteiger partial charge in [0.05, 0.1) is 26.4 Å². The highest BCUT2D eigenvalue weighted by Gasteiger charge is 2.23. The van der Waals surface area contributed by atoms with E-state index in [0.29, 0.717) is 31.1 Å². The standard InChI is InChI=1S/C20H23FN2O3/c1-25-18-4-2-3-16(13-18)20(24)22-14-19(23-9-11-26-12-10-23)15-5-7-17(21)8-6-15/h2-8,13,19H,9-12,14H2,1H3,(H,22,24). The summed E-state index contributed by atoms with van der Waals surface area (Å²) < 4.78 is 23.9. The van der Waals surface area contributed by atoms with Gasteiger partial charge in [0.1, 0.15) is 11.6 Å². The van der Waals surface area contributed by atoms with Crippen LogP contribution in [0.2, 0.25) is 0 Å². The van der Waals surface area contributed by atoms with Gasteiger partial charge in [0.25, 0.3) is 5.91 Å². The van der Waals surface area contributed by atoms with Crippen molar-refractivity contribution < 1.29 is 18.7 Å². The number of benzene rings is 2. The van der Waals surface area contributed by atoms with Crippen molar-refractivity contribution in [2.45, 2.75) is 6.04 Å². The highest BCUT2D eigenvalue weighted by atomic mass is 19.1. The Hall–Kier alpha value is -2.44. The van der Waals surface area contributed by atoms with Crippen molar-refractivity contribution in [3.05, 3.63) is 65.5 Å². The van der Waals surface area contributed by atoms with Crippen molar-refractivity contribution >= 4 is 5.91 Å². The fourth-order valence-corrected chi connectivity index (χ4v) is 3.09. The molecule has 5 nitrogen and oxygen atoms in total. The summed E-state index contributed by atoms with van der Waals surface area (Å²) in [6.07, 6.45) is 0. The Morgan fingerprint density at radius 2 is 1.96 bits per heavy atom. The van der Waals surface area contributed by atoms with E-state index in [0.717, 1.165) is 18.7 Å². The Balaban J connectivity index is 1.72. The maximum Gasteiger partial charge on any atom is 0.251 e. The Bertz CT molecular complexity index is 730. The molecule has 1 N–H and O–H groups in total. The Kier molecular flexibility index (Phi) is 6.20. The third kappa shape index (κ3) is 4.59. The monoisotopic (exact) mass is 358 g/mol. The SMILES string of the molecule is COc1cccc(C(=O)NCC(c2ccc(F)cc2)N2CCOCC2)c1. The van der Waals surface area contributed by atoms with Gasteiger partial charge in [-0.2, -0.15) is 0 Å². The zero-order valence-corrected chi connectivity index (χ0v) is 14.8. The third-order valence-corrected chi connectivity index (χ3v) is 4.53. The zero-order chi connectivity index (χ0) is 18.4. The molecule has 0 aliphatic carbocycles. The second kappa shape index (κ2) is 8.78. The fourth-order valence-electron chi connectivity index (χ4n) is 3.09. The van der Waals surface area contributed by atoms with Gasteiger partial charge in [0, 0.05) is 25.2 Å². The second-order valence-corrected chi connectivity index (χ2v) is 6.16. The van der Waals surface area contributed by atoms with Gasteiger partial charge in [0.15, 0.2) is 0 Å². The van der Waals surface area contributed by atoms with E-state index in [1.54, 1.807) is 43.5 Å². The van der Waals surface area contributed by atoms with Crippen LogP contribution in [0, 0.1) is 5.82 Å². The lowest BCUT2D eigenvalue weighted by Gasteiger charge is -2.35. The minimum atomic E-state index is -0.269. The summed E-state index contributed by atoms with van der Waals surface area (Å²) in [4.78, 5) is 14.8. The van der Waals surface area contributed by atoms with Gasteiger partial charge in [0.2, 0.25) is 0 Å². The van der Waals surface area contributed by atoms with Gasteiger partial charge in [-0.05, 0) is 35.9 Å². The van der Waals surface area contributed by atoms with E-state index >= 15 is 0 Å². The number of ether oxygens (including phenoxy) is 2. The first kappa shape index (κ1) is 18.4. The summed E-state index contributed by atoms with van der Waals surface area (Å²) in [5.74, 6) is 0.208. The predicted molar refractivity (Wildman–Crippen MR) is 96.9 cm³/mol. The van der Waals surface area contributed by atoms with Crippen LogP contribution in [0.5, 0.6) is 5.75 Å². The first-order chi connectivity index (χ1) is 12.7. The van der Waals surface area contributed by atoms with Crippen LogP contribution in [0.3, 0.4) is 0 Å². The highest BCUT2D eigenvalue weighted by Crippen LogP contribution is 2.22. The van der Waals surface area contributed by atoms with Gasteiger partial charge in [-0.25, -0.2) is 4.39 Å². The van der Waals surface area contributed by atoms with Gasteiger partial charge < -0.3 is 14.8 Å². The van der Waals surface area contributed by atoms with Gasteiger partial charge in [-0.3, -0.25) is 9.69 Å². The number of carbonyl (C=O) groups is 1. The molecule has 26 heavy (non-hydrogen) atoms. The molecule has 1 atom stereocenters. The summed E-state index contributed by atoms with van der Waals surface area (Å²) >= 11 is 0. The van der Waals surface area contributed by atoms with Gasteiger partial charge in [-0.1, -0.05) is 18.2 Å². The number of halogens is 1. The summed E-state index contributed by atoms with van der Waals surface area (Å²) in [7, 11) is 1.57. The molecule has 2 aromatic carbocycles. The molecule has 6 heteroatoms. The molecule has 0 bridgehead atoms. The number of carbonyl (C=O) groups excluding carboxylic acids is 1. The third-order valence-electron chi connectivity index (χ3n) is 4.53. The van der Waals surface area contributed by atoms with E-state index in [1.165, 1.54) is 12.1 Å². The Labute approximate surface area is 152 Å². The molecule has 2 aromatic rings. The van der Waals surface area contributed by atoms with Gasteiger partial charge in [-0.15, -0.1) is 0 Å². The summed E-state index contributed by atoms with van der Waals surface area (Å²) in [5, 5.41) is 2.99. The molecule has 0 saturated carbocycles. The number of amides is 1. The van der Waals surface area contributed by atoms with Crippen LogP contribution >= 0.6 is 0 Å². The fraction of sp³-hybridized carbons (Fsp3) is 0.350. The summed E-state index contributed by atoms with van der Waals surface area (Å²) in [5.41, 5.74) is 1.52. The van der Waals surface area contributed by atoms with Crippen molar-refractivity contribution in [1.82, 2.24) is 10.2 Å². The number of hydrogen-bond acceptors (Lipinski definition) is 4. The minimum absolute atomic E-state index is 0.0333. The smallest absolute Gasteiger partial charge is 0.251 e. The minimum Gasteiger partial charge on any atom is -0.497 e. The maximum atomic E-state index is 13.3.